The predicted molar refractivity (Wildman–Crippen MR) is 382 cm³/mol. The summed E-state index contributed by atoms with van der Waals surface area (Å²) in [5, 5.41) is 55.1. The van der Waals surface area contributed by atoms with E-state index >= 15 is 0 Å². The number of nitrogens with one attached hydrogen (secondary N) is 1. The number of aliphatic hydroxyl groups excluding tert-OH is 5. The van der Waals surface area contributed by atoms with Gasteiger partial charge in [0.1, 0.15) is 24.4 Å². The van der Waals surface area contributed by atoms with Gasteiger partial charge in [-0.25, -0.2) is 0 Å². The van der Waals surface area contributed by atoms with Gasteiger partial charge >= 0.3 is 0 Å². The summed E-state index contributed by atoms with van der Waals surface area (Å²) in [7, 11) is 0. The predicted octanol–water partition coefficient (Wildman–Crippen LogP) is 21.9. The molecule has 0 aromatic carbocycles. The number of amides is 1. The third-order valence-electron chi connectivity index (χ3n) is 18.3. The van der Waals surface area contributed by atoms with Crippen LogP contribution in [0, 0.1) is 0 Å². The molecule has 0 radical (unpaired) electrons. The van der Waals surface area contributed by atoms with Crippen LogP contribution in [0.5, 0.6) is 0 Å². The van der Waals surface area contributed by atoms with Crippen molar-refractivity contribution in [3.8, 4) is 0 Å². The molecule has 1 aliphatic rings. The van der Waals surface area contributed by atoms with E-state index in [9.17, 15) is 30.3 Å². The molecule has 9 heteroatoms. The van der Waals surface area contributed by atoms with Gasteiger partial charge in [0.25, 0.3) is 0 Å². The van der Waals surface area contributed by atoms with E-state index in [0.717, 1.165) is 77.0 Å². The number of unbranched alkanes of at least 4 members (excludes halogenated alkanes) is 46. The van der Waals surface area contributed by atoms with E-state index < -0.39 is 49.5 Å². The number of ether oxygens (including phenoxy) is 2. The highest BCUT2D eigenvalue weighted by Gasteiger charge is 2.44. The Bertz CT molecular complexity index is 1640. The van der Waals surface area contributed by atoms with E-state index in [2.05, 4.69) is 92.1 Å². The SMILES string of the molecule is CC/C=C\C/C=C\C/C=C\C/C=C\C/C=C\C/C=C\CCCCCCCCCCCCCCCCCCCCCCC(=O)NC(COC1OC(CO)C(O)C(O)C1O)C(O)CCCCCCCCCCCCCCCCCCCCCCCCCCCCC. The van der Waals surface area contributed by atoms with Crippen LogP contribution in [0.3, 0.4) is 0 Å². The molecule has 7 atom stereocenters. The molecule has 1 rings (SSSR count). The quantitative estimate of drug-likeness (QED) is 0.0261. The van der Waals surface area contributed by atoms with Crippen LogP contribution < -0.4 is 5.32 Å². The van der Waals surface area contributed by atoms with Gasteiger partial charge in [0.05, 0.1) is 25.4 Å². The molecule has 1 heterocycles. The van der Waals surface area contributed by atoms with E-state index in [-0.39, 0.29) is 12.5 Å². The standard InChI is InChI=1S/C80H147NO8/c1-3-5-7-9-11-13-15-17-19-21-23-25-27-29-31-32-33-34-35-36-37-38-39-40-41-42-44-46-48-50-52-54-56-58-60-62-64-66-68-70-76(84)81-73(72-88-80-79(87)78(86)77(85)75(71-82)89-80)74(83)69-67-65-63-61-59-57-55-53-51-49-47-45-43-30-28-26-24-22-20-18-16-14-12-10-8-6-4-2/h5,7,11,13,17,19,23,25,29,31,33-34,73-75,77-80,82-83,85-87H,3-4,6,8-10,12,14-16,18,20-22,24,26-28,30,32,35-72H2,1-2H3,(H,81,84)/b7-5-,13-11-,19-17-,25-23-,31-29-,34-33-. The van der Waals surface area contributed by atoms with Gasteiger partial charge in [-0.15, -0.1) is 0 Å². The molecule has 7 unspecified atom stereocenters. The smallest absolute Gasteiger partial charge is 0.220 e. The minimum atomic E-state index is -1.56. The first-order chi connectivity index (χ1) is 43.8. The number of carbonyl (C=O) groups is 1. The van der Waals surface area contributed by atoms with Crippen LogP contribution in [-0.2, 0) is 14.3 Å². The van der Waals surface area contributed by atoms with Crippen LogP contribution in [0.25, 0.3) is 0 Å². The Kier molecular flexibility index (Phi) is 65.1. The molecular weight excluding hydrogens is 1100 g/mol. The van der Waals surface area contributed by atoms with Crippen LogP contribution in [0.2, 0.25) is 0 Å². The highest BCUT2D eigenvalue weighted by Crippen LogP contribution is 2.24. The van der Waals surface area contributed by atoms with Gasteiger partial charge in [-0.1, -0.05) is 376 Å². The fourth-order valence-corrected chi connectivity index (χ4v) is 12.3. The molecule has 0 bridgehead atoms. The maximum absolute atomic E-state index is 13.2. The normalized spacial score (nSPS) is 18.2. The summed E-state index contributed by atoms with van der Waals surface area (Å²) < 4.78 is 11.4. The minimum Gasteiger partial charge on any atom is -0.394 e. The number of allylic oxidation sites excluding steroid dienone is 12. The summed E-state index contributed by atoms with van der Waals surface area (Å²) in [6.45, 7) is 3.78. The Morgan fingerprint density at radius 2 is 0.697 bits per heavy atom. The van der Waals surface area contributed by atoms with E-state index in [1.807, 2.05) is 0 Å². The molecule has 89 heavy (non-hydrogen) atoms. The molecule has 0 aromatic rings. The molecule has 0 aromatic heterocycles. The molecule has 0 saturated carbocycles. The van der Waals surface area contributed by atoms with Crippen LogP contribution in [0.15, 0.2) is 72.9 Å². The average molecular weight is 1250 g/mol. The first-order valence-corrected chi connectivity index (χ1v) is 38.6. The monoisotopic (exact) mass is 1250 g/mol. The molecule has 9 nitrogen and oxygen atoms in total. The van der Waals surface area contributed by atoms with E-state index in [1.165, 1.54) is 270 Å². The second kappa shape index (κ2) is 68.5. The zero-order chi connectivity index (χ0) is 64.2. The Labute approximate surface area is 550 Å². The van der Waals surface area contributed by atoms with Crippen LogP contribution in [0.1, 0.15) is 373 Å². The van der Waals surface area contributed by atoms with Gasteiger partial charge in [-0.2, -0.15) is 0 Å². The zero-order valence-electron chi connectivity index (χ0n) is 58.4. The van der Waals surface area contributed by atoms with Crippen molar-refractivity contribution in [2.24, 2.45) is 0 Å². The molecule has 0 aliphatic carbocycles. The van der Waals surface area contributed by atoms with Crippen molar-refractivity contribution >= 4 is 5.91 Å². The zero-order valence-corrected chi connectivity index (χ0v) is 58.4. The van der Waals surface area contributed by atoms with Crippen LogP contribution in [0.4, 0.5) is 0 Å². The summed E-state index contributed by atoms with van der Waals surface area (Å²) in [5.74, 6) is -0.138. The fraction of sp³-hybridized carbons (Fsp3) is 0.838. The van der Waals surface area contributed by atoms with Crippen molar-refractivity contribution in [1.29, 1.82) is 0 Å². The number of hydrogen-bond acceptors (Lipinski definition) is 8. The molecule has 1 fully saturated rings. The van der Waals surface area contributed by atoms with E-state index in [1.54, 1.807) is 0 Å². The summed E-state index contributed by atoms with van der Waals surface area (Å²) in [4.78, 5) is 13.2. The largest absolute Gasteiger partial charge is 0.394 e. The highest BCUT2D eigenvalue weighted by atomic mass is 16.7. The van der Waals surface area contributed by atoms with Crippen molar-refractivity contribution in [2.75, 3.05) is 13.2 Å². The second-order valence-electron chi connectivity index (χ2n) is 26.8. The Morgan fingerprint density at radius 3 is 1.03 bits per heavy atom. The third-order valence-corrected chi connectivity index (χ3v) is 18.3. The van der Waals surface area contributed by atoms with Gasteiger partial charge < -0.3 is 40.3 Å². The van der Waals surface area contributed by atoms with Gasteiger partial charge in [-0.05, 0) is 64.2 Å². The second-order valence-corrected chi connectivity index (χ2v) is 26.8. The van der Waals surface area contributed by atoms with Gasteiger partial charge in [-0.3, -0.25) is 4.79 Å². The molecule has 520 valence electrons. The maximum atomic E-state index is 13.2. The lowest BCUT2D eigenvalue weighted by Gasteiger charge is -2.40. The maximum Gasteiger partial charge on any atom is 0.220 e. The molecule has 1 saturated heterocycles. The van der Waals surface area contributed by atoms with Gasteiger partial charge in [0.15, 0.2) is 6.29 Å². The third kappa shape index (κ3) is 56.9. The Morgan fingerprint density at radius 1 is 0.393 bits per heavy atom. The minimum absolute atomic E-state index is 0.135. The number of hydrogen-bond donors (Lipinski definition) is 6. The lowest BCUT2D eigenvalue weighted by molar-refractivity contribution is -0.302. The van der Waals surface area contributed by atoms with Crippen molar-refractivity contribution < 1.29 is 39.8 Å². The van der Waals surface area contributed by atoms with E-state index in [4.69, 9.17) is 9.47 Å². The molecular formula is C80H147NO8. The van der Waals surface area contributed by atoms with Crippen molar-refractivity contribution in [3.05, 3.63) is 72.9 Å². The van der Waals surface area contributed by atoms with Crippen molar-refractivity contribution in [3.63, 3.8) is 0 Å². The first kappa shape index (κ1) is 84.6. The van der Waals surface area contributed by atoms with Crippen LogP contribution in [-0.4, -0.2) is 87.5 Å². The fourth-order valence-electron chi connectivity index (χ4n) is 12.3. The lowest BCUT2D eigenvalue weighted by Crippen LogP contribution is -2.60. The number of rotatable bonds is 68. The Hall–Kier alpha value is -2.37. The summed E-state index contributed by atoms with van der Waals surface area (Å²) in [6.07, 6.45) is 89.9. The Balaban J connectivity index is 2.06. The average Bonchev–Trinajstić information content (AvgIpc) is 2.42. The number of carbonyl (C=O) groups excluding carboxylic acids is 1. The molecule has 0 spiro atoms. The summed E-state index contributed by atoms with van der Waals surface area (Å²) >= 11 is 0. The van der Waals surface area contributed by atoms with Crippen LogP contribution >= 0.6 is 0 Å². The highest BCUT2D eigenvalue weighted by molar-refractivity contribution is 5.76. The molecule has 6 N–H and O–H groups in total. The van der Waals surface area contributed by atoms with Gasteiger partial charge in [0.2, 0.25) is 5.91 Å². The topological polar surface area (TPSA) is 149 Å². The molecule has 1 aliphatic heterocycles. The number of aliphatic hydroxyl groups is 5. The van der Waals surface area contributed by atoms with Crippen molar-refractivity contribution in [1.82, 2.24) is 5.32 Å². The summed E-state index contributed by atoms with van der Waals surface area (Å²) in [6, 6.07) is -0.722. The lowest BCUT2D eigenvalue weighted by atomic mass is 9.99. The first-order valence-electron chi connectivity index (χ1n) is 38.6. The summed E-state index contributed by atoms with van der Waals surface area (Å²) in [5.41, 5.74) is 0. The molecule has 1 amide bonds. The van der Waals surface area contributed by atoms with Crippen molar-refractivity contribution in [2.45, 2.75) is 416 Å². The van der Waals surface area contributed by atoms with Gasteiger partial charge in [0, 0.05) is 6.42 Å². The van der Waals surface area contributed by atoms with E-state index in [0.29, 0.717) is 12.8 Å².